The van der Waals surface area contributed by atoms with Crippen molar-refractivity contribution in [3.8, 4) is 0 Å². The molecule has 0 heterocycles. The van der Waals surface area contributed by atoms with Crippen molar-refractivity contribution in [2.24, 2.45) is 17.1 Å². The predicted octanol–water partition coefficient (Wildman–Crippen LogP) is 1.51. The van der Waals surface area contributed by atoms with Crippen LogP contribution < -0.4 is 11.1 Å². The van der Waals surface area contributed by atoms with Gasteiger partial charge in [0.25, 0.3) is 0 Å². The number of amides is 1. The average Bonchev–Trinajstić information content (AvgIpc) is 2.35. The SMILES string of the molecule is CC(C)[C@H](N)C(=O)NCC1(CC(=O)O)CCCCC1. The number of carboxylic acids is 1. The molecule has 1 fully saturated rings. The number of hydrogen-bond acceptors (Lipinski definition) is 3. The normalized spacial score (nSPS) is 20.0. The first kappa shape index (κ1) is 16.0. The smallest absolute Gasteiger partial charge is 0.303 e. The largest absolute Gasteiger partial charge is 0.481 e. The van der Waals surface area contributed by atoms with E-state index >= 15 is 0 Å². The first-order valence-corrected chi connectivity index (χ1v) is 7.11. The van der Waals surface area contributed by atoms with Crippen molar-refractivity contribution in [2.45, 2.75) is 58.4 Å². The third-order valence-electron chi connectivity index (χ3n) is 4.10. The van der Waals surface area contributed by atoms with Crippen LogP contribution in [0.2, 0.25) is 0 Å². The zero-order chi connectivity index (χ0) is 14.5. The van der Waals surface area contributed by atoms with Crippen LogP contribution in [0, 0.1) is 11.3 Å². The number of nitrogens with one attached hydrogen (secondary N) is 1. The summed E-state index contributed by atoms with van der Waals surface area (Å²) in [7, 11) is 0. The molecule has 0 aliphatic heterocycles. The van der Waals surface area contributed by atoms with Gasteiger partial charge in [0, 0.05) is 6.54 Å². The van der Waals surface area contributed by atoms with Crippen molar-refractivity contribution < 1.29 is 14.7 Å². The summed E-state index contributed by atoms with van der Waals surface area (Å²) in [6, 6.07) is -0.523. The summed E-state index contributed by atoms with van der Waals surface area (Å²) in [5.41, 5.74) is 5.51. The highest BCUT2D eigenvalue weighted by Crippen LogP contribution is 2.38. The fourth-order valence-electron chi connectivity index (χ4n) is 2.73. The fraction of sp³-hybridized carbons (Fsp3) is 0.857. The standard InChI is InChI=1S/C14H26N2O3/c1-10(2)12(15)13(19)16-9-14(8-11(17)18)6-4-3-5-7-14/h10,12H,3-9,15H2,1-2H3,(H,16,19)(H,17,18)/t12-/m0/s1. The number of nitrogens with two attached hydrogens (primary N) is 1. The number of hydrogen-bond donors (Lipinski definition) is 3. The lowest BCUT2D eigenvalue weighted by atomic mass is 9.71. The maximum atomic E-state index is 11.9. The van der Waals surface area contributed by atoms with E-state index in [1.54, 1.807) is 0 Å². The van der Waals surface area contributed by atoms with Crippen molar-refractivity contribution in [1.82, 2.24) is 5.32 Å². The molecule has 4 N–H and O–H groups in total. The van der Waals surface area contributed by atoms with Crippen LogP contribution in [0.3, 0.4) is 0 Å². The second kappa shape index (κ2) is 6.89. The molecule has 1 aliphatic carbocycles. The summed E-state index contributed by atoms with van der Waals surface area (Å²) in [4.78, 5) is 22.9. The highest BCUT2D eigenvalue weighted by atomic mass is 16.4. The van der Waals surface area contributed by atoms with E-state index in [-0.39, 0.29) is 23.7 Å². The molecule has 110 valence electrons. The van der Waals surface area contributed by atoms with Crippen LogP contribution >= 0.6 is 0 Å². The number of carboxylic acid groups (broad SMARTS) is 1. The quantitative estimate of drug-likeness (QED) is 0.682. The van der Waals surface area contributed by atoms with Crippen LogP contribution in [0.25, 0.3) is 0 Å². The highest BCUT2D eigenvalue weighted by molar-refractivity contribution is 5.81. The van der Waals surface area contributed by atoms with Crippen LogP contribution in [0.5, 0.6) is 0 Å². The summed E-state index contributed by atoms with van der Waals surface area (Å²) in [5.74, 6) is -0.878. The highest BCUT2D eigenvalue weighted by Gasteiger charge is 2.35. The van der Waals surface area contributed by atoms with Crippen LogP contribution in [0.4, 0.5) is 0 Å². The molecule has 0 unspecified atom stereocenters. The molecular weight excluding hydrogens is 244 g/mol. The Morgan fingerprint density at radius 3 is 2.32 bits per heavy atom. The second-order valence-electron chi connectivity index (χ2n) is 6.12. The fourth-order valence-corrected chi connectivity index (χ4v) is 2.73. The minimum Gasteiger partial charge on any atom is -0.481 e. The Labute approximate surface area is 114 Å². The minimum atomic E-state index is -0.788. The molecule has 5 nitrogen and oxygen atoms in total. The van der Waals surface area contributed by atoms with E-state index < -0.39 is 12.0 Å². The molecule has 1 atom stereocenters. The molecular formula is C14H26N2O3. The Bertz CT molecular complexity index is 323. The molecule has 0 radical (unpaired) electrons. The van der Waals surface area contributed by atoms with Gasteiger partial charge in [0.05, 0.1) is 12.5 Å². The molecule has 1 amide bonds. The van der Waals surface area contributed by atoms with Gasteiger partial charge in [-0.25, -0.2) is 0 Å². The van der Waals surface area contributed by atoms with Crippen LogP contribution in [0.15, 0.2) is 0 Å². The molecule has 0 spiro atoms. The van der Waals surface area contributed by atoms with Gasteiger partial charge in [0.1, 0.15) is 0 Å². The van der Waals surface area contributed by atoms with Gasteiger partial charge in [-0.3, -0.25) is 9.59 Å². The van der Waals surface area contributed by atoms with Crippen LogP contribution in [0.1, 0.15) is 52.4 Å². The van der Waals surface area contributed by atoms with E-state index in [4.69, 9.17) is 10.8 Å². The molecule has 5 heteroatoms. The average molecular weight is 270 g/mol. The molecule has 0 aromatic rings. The van der Waals surface area contributed by atoms with Gasteiger partial charge in [-0.15, -0.1) is 0 Å². The van der Waals surface area contributed by atoms with Crippen molar-refractivity contribution in [2.75, 3.05) is 6.54 Å². The summed E-state index contributed by atoms with van der Waals surface area (Å²) in [6.07, 6.45) is 5.11. The first-order chi connectivity index (χ1) is 8.86. The summed E-state index contributed by atoms with van der Waals surface area (Å²) < 4.78 is 0. The number of rotatable bonds is 6. The minimum absolute atomic E-state index is 0.0850. The maximum absolute atomic E-state index is 11.9. The molecule has 19 heavy (non-hydrogen) atoms. The van der Waals surface area contributed by atoms with Gasteiger partial charge in [0.15, 0.2) is 0 Å². The monoisotopic (exact) mass is 270 g/mol. The number of carbonyl (C=O) groups excluding carboxylic acids is 1. The van der Waals surface area contributed by atoms with E-state index in [2.05, 4.69) is 5.32 Å². The van der Waals surface area contributed by atoms with E-state index in [1.807, 2.05) is 13.8 Å². The van der Waals surface area contributed by atoms with Crippen molar-refractivity contribution >= 4 is 11.9 Å². The third kappa shape index (κ3) is 4.82. The zero-order valence-electron chi connectivity index (χ0n) is 11.9. The molecule has 0 bridgehead atoms. The second-order valence-corrected chi connectivity index (χ2v) is 6.12. The third-order valence-corrected chi connectivity index (χ3v) is 4.10. The van der Waals surface area contributed by atoms with Gasteiger partial charge in [-0.1, -0.05) is 33.1 Å². The van der Waals surface area contributed by atoms with Crippen molar-refractivity contribution in [3.63, 3.8) is 0 Å². The predicted molar refractivity (Wildman–Crippen MR) is 73.6 cm³/mol. The Balaban J connectivity index is 2.58. The van der Waals surface area contributed by atoms with E-state index in [0.717, 1.165) is 32.1 Å². The Morgan fingerprint density at radius 2 is 1.84 bits per heavy atom. The van der Waals surface area contributed by atoms with Crippen LogP contribution in [-0.4, -0.2) is 29.6 Å². The molecule has 1 rings (SSSR count). The molecule has 1 aliphatic rings. The lowest BCUT2D eigenvalue weighted by molar-refractivity contribution is -0.140. The molecule has 0 aromatic heterocycles. The van der Waals surface area contributed by atoms with E-state index in [0.29, 0.717) is 6.54 Å². The number of aliphatic carboxylic acids is 1. The summed E-state index contributed by atoms with van der Waals surface area (Å²) in [6.45, 7) is 4.23. The molecule has 0 saturated heterocycles. The van der Waals surface area contributed by atoms with E-state index in [9.17, 15) is 9.59 Å². The lowest BCUT2D eigenvalue weighted by Gasteiger charge is -2.36. The lowest BCUT2D eigenvalue weighted by Crippen LogP contribution is -2.48. The van der Waals surface area contributed by atoms with Gasteiger partial charge in [0.2, 0.25) is 5.91 Å². The van der Waals surface area contributed by atoms with E-state index in [1.165, 1.54) is 0 Å². The molecule has 1 saturated carbocycles. The van der Waals surface area contributed by atoms with Gasteiger partial charge in [-0.2, -0.15) is 0 Å². The Hall–Kier alpha value is -1.10. The first-order valence-electron chi connectivity index (χ1n) is 7.11. The number of carbonyl (C=O) groups is 2. The zero-order valence-corrected chi connectivity index (χ0v) is 11.9. The van der Waals surface area contributed by atoms with Crippen molar-refractivity contribution in [3.05, 3.63) is 0 Å². The topological polar surface area (TPSA) is 92.4 Å². The van der Waals surface area contributed by atoms with Crippen LogP contribution in [-0.2, 0) is 9.59 Å². The summed E-state index contributed by atoms with van der Waals surface area (Å²) >= 11 is 0. The van der Waals surface area contributed by atoms with Gasteiger partial charge in [-0.05, 0) is 24.2 Å². The maximum Gasteiger partial charge on any atom is 0.303 e. The Kier molecular flexibility index (Phi) is 5.79. The van der Waals surface area contributed by atoms with Gasteiger partial charge < -0.3 is 16.2 Å². The van der Waals surface area contributed by atoms with Crippen molar-refractivity contribution in [1.29, 1.82) is 0 Å². The van der Waals surface area contributed by atoms with Gasteiger partial charge >= 0.3 is 5.97 Å². The Morgan fingerprint density at radius 1 is 1.26 bits per heavy atom. The summed E-state index contributed by atoms with van der Waals surface area (Å²) in [5, 5.41) is 11.9. The molecule has 0 aromatic carbocycles.